The van der Waals surface area contributed by atoms with E-state index in [0.29, 0.717) is 24.3 Å². The van der Waals surface area contributed by atoms with Gasteiger partial charge in [-0.1, -0.05) is 34.6 Å². The summed E-state index contributed by atoms with van der Waals surface area (Å²) >= 11 is 0. The zero-order chi connectivity index (χ0) is 27.1. The van der Waals surface area contributed by atoms with E-state index in [1.165, 1.54) is 12.1 Å². The quantitative estimate of drug-likeness (QED) is 0.340. The van der Waals surface area contributed by atoms with Crippen molar-refractivity contribution >= 4 is 40.1 Å². The number of hydrogen-bond donors (Lipinski definition) is 4. The van der Waals surface area contributed by atoms with Crippen molar-refractivity contribution in [1.29, 1.82) is 0 Å². The maximum Gasteiger partial charge on any atom is 0.348 e. The molecular weight excluding hydrogens is 503 g/mol. The van der Waals surface area contributed by atoms with Crippen LogP contribution in [0.1, 0.15) is 59.2 Å². The molecule has 1 atom stereocenters. The zero-order valence-corrected chi connectivity index (χ0v) is 23.6. The van der Waals surface area contributed by atoms with Crippen molar-refractivity contribution in [2.45, 2.75) is 60.9 Å². The van der Waals surface area contributed by atoms with Gasteiger partial charge in [-0.05, 0) is 49.3 Å². The SMILES string of the molecule is CCOP1(=O)N=C(c2c(O)c(CC(C)C)n(CCC(C)(C)C)c2O)Nc2ccc(NS(C)(=O)=O)cc21. The molecule has 0 saturated carbocycles. The lowest BCUT2D eigenvalue weighted by molar-refractivity contribution is 0.326. The summed E-state index contributed by atoms with van der Waals surface area (Å²) in [4.78, 5) is 0. The molecule has 0 radical (unpaired) electrons. The molecule has 2 aromatic rings. The highest BCUT2D eigenvalue weighted by atomic mass is 32.2. The Hall–Kier alpha value is -2.49. The normalized spacial score (nSPS) is 18.1. The highest BCUT2D eigenvalue weighted by Gasteiger charge is 2.37. The number of fused-ring (bicyclic) bond motifs is 1. The average Bonchev–Trinajstić information content (AvgIpc) is 2.94. The molecule has 3 rings (SSSR count). The van der Waals surface area contributed by atoms with Gasteiger partial charge >= 0.3 is 7.52 Å². The number of amidine groups is 1. The minimum Gasteiger partial charge on any atom is -0.505 e. The summed E-state index contributed by atoms with van der Waals surface area (Å²) in [6, 6.07) is 4.49. The topological polar surface area (TPSA) is 142 Å². The summed E-state index contributed by atoms with van der Waals surface area (Å²) in [7, 11) is -7.43. The molecule has 10 nitrogen and oxygen atoms in total. The predicted molar refractivity (Wildman–Crippen MR) is 144 cm³/mol. The molecule has 0 fully saturated rings. The summed E-state index contributed by atoms with van der Waals surface area (Å²) < 4.78 is 51.3. The maximum atomic E-state index is 13.9. The van der Waals surface area contributed by atoms with Gasteiger partial charge in [-0.3, -0.25) is 9.29 Å². The molecule has 0 saturated heterocycles. The Morgan fingerprint density at radius 2 is 1.92 bits per heavy atom. The van der Waals surface area contributed by atoms with Gasteiger partial charge in [0, 0.05) is 12.2 Å². The van der Waals surface area contributed by atoms with Crippen LogP contribution in [0.2, 0.25) is 0 Å². The molecule has 0 spiro atoms. The smallest absolute Gasteiger partial charge is 0.348 e. The largest absolute Gasteiger partial charge is 0.505 e. The number of nitrogens with one attached hydrogen (secondary N) is 2. The van der Waals surface area contributed by atoms with Crippen LogP contribution in [-0.2, 0) is 32.1 Å². The molecule has 1 aliphatic heterocycles. The molecule has 2 heterocycles. The van der Waals surface area contributed by atoms with Gasteiger partial charge in [0.15, 0.2) is 11.6 Å². The van der Waals surface area contributed by atoms with E-state index in [9.17, 15) is 23.2 Å². The number of nitrogens with zero attached hydrogens (tertiary/aromatic N) is 2. The fraction of sp³-hybridized carbons (Fsp3) is 0.542. The van der Waals surface area contributed by atoms with Gasteiger partial charge in [0.2, 0.25) is 15.9 Å². The van der Waals surface area contributed by atoms with Crippen LogP contribution in [0.5, 0.6) is 11.6 Å². The Morgan fingerprint density at radius 1 is 1.25 bits per heavy atom. The zero-order valence-electron chi connectivity index (χ0n) is 21.9. The summed E-state index contributed by atoms with van der Waals surface area (Å²) in [6.07, 6.45) is 2.31. The molecule has 12 heteroatoms. The number of aromatic nitrogens is 1. The molecular formula is C24H37N4O6PS. The maximum absolute atomic E-state index is 13.9. The second kappa shape index (κ2) is 10.1. The highest BCUT2D eigenvalue weighted by Crippen LogP contribution is 2.53. The molecule has 1 unspecified atom stereocenters. The minimum absolute atomic E-state index is 0.00349. The lowest BCUT2D eigenvalue weighted by atomic mass is 9.92. The van der Waals surface area contributed by atoms with Crippen LogP contribution in [0.4, 0.5) is 11.4 Å². The Kier molecular flexibility index (Phi) is 7.89. The van der Waals surface area contributed by atoms with Gasteiger partial charge in [-0.25, -0.2) is 8.42 Å². The second-order valence-electron chi connectivity index (χ2n) is 10.7. The summed E-state index contributed by atoms with van der Waals surface area (Å²) in [6.45, 7) is 12.6. The van der Waals surface area contributed by atoms with Crippen molar-refractivity contribution in [3.05, 3.63) is 29.5 Å². The molecule has 1 aliphatic rings. The molecule has 0 aliphatic carbocycles. The Balaban J connectivity index is 2.15. The Morgan fingerprint density at radius 3 is 2.47 bits per heavy atom. The minimum atomic E-state index is -3.87. The monoisotopic (exact) mass is 540 g/mol. The van der Waals surface area contributed by atoms with Crippen molar-refractivity contribution in [1.82, 2.24) is 4.57 Å². The highest BCUT2D eigenvalue weighted by molar-refractivity contribution is 7.92. The fourth-order valence-electron chi connectivity index (χ4n) is 4.01. The summed E-state index contributed by atoms with van der Waals surface area (Å²) in [5.74, 6) is -0.0509. The molecule has 1 aromatic carbocycles. The van der Waals surface area contributed by atoms with Crippen LogP contribution in [0.3, 0.4) is 0 Å². The first kappa shape index (κ1) is 28.1. The summed E-state index contributed by atoms with van der Waals surface area (Å²) in [5, 5.41) is 25.7. The lowest BCUT2D eigenvalue weighted by Gasteiger charge is -2.25. The third-order valence-electron chi connectivity index (χ3n) is 5.63. The van der Waals surface area contributed by atoms with Gasteiger partial charge < -0.3 is 24.6 Å². The molecule has 1 aromatic heterocycles. The lowest BCUT2D eigenvalue weighted by Crippen LogP contribution is -2.26. The van der Waals surface area contributed by atoms with Crippen molar-refractivity contribution < 1.29 is 27.7 Å². The average molecular weight is 541 g/mol. The molecule has 0 bridgehead atoms. The van der Waals surface area contributed by atoms with E-state index < -0.39 is 17.5 Å². The first-order valence-corrected chi connectivity index (χ1v) is 15.4. The van der Waals surface area contributed by atoms with E-state index in [0.717, 1.165) is 12.7 Å². The third kappa shape index (κ3) is 6.25. The van der Waals surface area contributed by atoms with Crippen LogP contribution in [0.25, 0.3) is 0 Å². The van der Waals surface area contributed by atoms with E-state index in [-0.39, 0.29) is 52.0 Å². The molecule has 200 valence electrons. The van der Waals surface area contributed by atoms with E-state index in [2.05, 4.69) is 35.6 Å². The first-order chi connectivity index (χ1) is 16.5. The van der Waals surface area contributed by atoms with Crippen LogP contribution in [-0.4, -0.2) is 41.9 Å². The van der Waals surface area contributed by atoms with Gasteiger partial charge in [0.1, 0.15) is 5.56 Å². The van der Waals surface area contributed by atoms with Gasteiger partial charge in [-0.15, -0.1) is 0 Å². The standard InChI is InChI=1S/C24H37N4O6PS/c1-8-34-35(31)19-14-16(27-36(7,32)33)9-10-17(19)25-22(26-35)20-21(29)18(13-15(2)3)28(23(20)30)12-11-24(4,5)6/h9-10,14-15,27,29-30H,8,11-13H2,1-7H3,(H,25,26,31). The van der Waals surface area contributed by atoms with Crippen LogP contribution in [0, 0.1) is 11.3 Å². The van der Waals surface area contributed by atoms with Crippen molar-refractivity contribution in [2.75, 3.05) is 22.9 Å². The van der Waals surface area contributed by atoms with E-state index in [1.807, 2.05) is 13.8 Å². The number of hydrogen-bond acceptors (Lipinski definition) is 7. The second-order valence-corrected chi connectivity index (χ2v) is 14.4. The van der Waals surface area contributed by atoms with Gasteiger partial charge in [-0.2, -0.15) is 4.76 Å². The first-order valence-electron chi connectivity index (χ1n) is 11.9. The van der Waals surface area contributed by atoms with Crippen LogP contribution >= 0.6 is 7.52 Å². The number of rotatable bonds is 9. The van der Waals surface area contributed by atoms with Crippen LogP contribution < -0.4 is 15.3 Å². The van der Waals surface area contributed by atoms with E-state index >= 15 is 0 Å². The molecule has 36 heavy (non-hydrogen) atoms. The number of anilines is 2. The van der Waals surface area contributed by atoms with Crippen LogP contribution in [0.15, 0.2) is 23.0 Å². The Bertz CT molecular complexity index is 1330. The van der Waals surface area contributed by atoms with Crippen molar-refractivity contribution in [3.63, 3.8) is 0 Å². The predicted octanol–water partition coefficient (Wildman–Crippen LogP) is 4.63. The molecule has 0 amide bonds. The van der Waals surface area contributed by atoms with Gasteiger partial charge in [0.25, 0.3) is 0 Å². The van der Waals surface area contributed by atoms with E-state index in [1.54, 1.807) is 17.6 Å². The molecule has 4 N–H and O–H groups in total. The number of benzene rings is 1. The van der Waals surface area contributed by atoms with Crippen molar-refractivity contribution in [3.8, 4) is 11.6 Å². The number of aromatic hydroxyl groups is 2. The number of sulfonamides is 1. The van der Waals surface area contributed by atoms with Gasteiger partial charge in [0.05, 0.1) is 29.5 Å². The third-order valence-corrected chi connectivity index (χ3v) is 8.29. The summed E-state index contributed by atoms with van der Waals surface area (Å²) in [5.41, 5.74) is 1.24. The fourth-order valence-corrected chi connectivity index (χ4v) is 6.37. The van der Waals surface area contributed by atoms with E-state index in [4.69, 9.17) is 4.52 Å². The van der Waals surface area contributed by atoms with Crippen molar-refractivity contribution in [2.24, 2.45) is 16.1 Å². The Labute approximate surface area is 213 Å².